The van der Waals surface area contributed by atoms with Crippen molar-refractivity contribution in [2.45, 2.75) is 39.8 Å². The number of aromatic nitrogens is 2. The molecule has 15 heavy (non-hydrogen) atoms. The zero-order valence-electron chi connectivity index (χ0n) is 9.73. The number of nitrogens with zero attached hydrogens (tertiary/aromatic N) is 3. The molecule has 1 aromatic heterocycles. The van der Waals surface area contributed by atoms with Crippen molar-refractivity contribution in [3.8, 4) is 0 Å². The van der Waals surface area contributed by atoms with E-state index in [0.29, 0.717) is 18.3 Å². The van der Waals surface area contributed by atoms with Gasteiger partial charge in [0.1, 0.15) is 0 Å². The molecule has 1 rings (SSSR count). The van der Waals surface area contributed by atoms with Gasteiger partial charge in [0.2, 0.25) is 5.89 Å². The number of hydrogen-bond donors (Lipinski definition) is 1. The van der Waals surface area contributed by atoms with Gasteiger partial charge >= 0.3 is 0 Å². The van der Waals surface area contributed by atoms with Crippen LogP contribution in [0.1, 0.15) is 44.9 Å². The van der Waals surface area contributed by atoms with Crippen LogP contribution in [-0.2, 0) is 6.54 Å². The van der Waals surface area contributed by atoms with Gasteiger partial charge in [0.05, 0.1) is 12.6 Å². The van der Waals surface area contributed by atoms with Crippen LogP contribution in [0.2, 0.25) is 0 Å². The van der Waals surface area contributed by atoms with Crippen molar-refractivity contribution in [2.24, 2.45) is 5.73 Å². The summed E-state index contributed by atoms with van der Waals surface area (Å²) >= 11 is 0. The first kappa shape index (κ1) is 12.1. The Labute approximate surface area is 90.6 Å². The van der Waals surface area contributed by atoms with Gasteiger partial charge in [0.15, 0.2) is 5.82 Å². The summed E-state index contributed by atoms with van der Waals surface area (Å²) in [5.41, 5.74) is 5.80. The Hall–Kier alpha value is -0.940. The Balaban J connectivity index is 2.59. The van der Waals surface area contributed by atoms with Crippen LogP contribution in [0, 0.1) is 0 Å². The third kappa shape index (κ3) is 3.28. The Bertz CT molecular complexity index is 283. The minimum absolute atomic E-state index is 0.112. The maximum Gasteiger partial charge on any atom is 0.240 e. The quantitative estimate of drug-likeness (QED) is 0.770. The Morgan fingerprint density at radius 3 is 2.53 bits per heavy atom. The summed E-state index contributed by atoms with van der Waals surface area (Å²) in [6.07, 6.45) is 0.824. The Morgan fingerprint density at radius 1 is 1.33 bits per heavy atom. The highest BCUT2D eigenvalue weighted by Gasteiger charge is 2.13. The smallest absolute Gasteiger partial charge is 0.240 e. The molecule has 2 N–H and O–H groups in total. The van der Waals surface area contributed by atoms with Crippen molar-refractivity contribution in [1.29, 1.82) is 0 Å². The van der Waals surface area contributed by atoms with Crippen molar-refractivity contribution in [1.82, 2.24) is 15.0 Å². The first-order valence-electron chi connectivity index (χ1n) is 5.51. The lowest BCUT2D eigenvalue weighted by Crippen LogP contribution is -2.22. The van der Waals surface area contributed by atoms with Crippen LogP contribution < -0.4 is 5.73 Å². The average molecular weight is 212 g/mol. The van der Waals surface area contributed by atoms with Crippen molar-refractivity contribution in [2.75, 3.05) is 13.1 Å². The normalized spacial score (nSPS) is 13.4. The molecule has 0 fully saturated rings. The number of nitrogens with two attached hydrogens (primary N) is 1. The molecule has 1 heterocycles. The summed E-state index contributed by atoms with van der Waals surface area (Å²) in [4.78, 5) is 6.49. The van der Waals surface area contributed by atoms with Crippen molar-refractivity contribution in [3.05, 3.63) is 11.7 Å². The van der Waals surface area contributed by atoms with Crippen LogP contribution in [-0.4, -0.2) is 28.1 Å². The highest BCUT2D eigenvalue weighted by atomic mass is 16.5. The fraction of sp³-hybridized carbons (Fsp3) is 0.800. The first-order chi connectivity index (χ1) is 7.21. The van der Waals surface area contributed by atoms with E-state index >= 15 is 0 Å². The maximum absolute atomic E-state index is 5.80. The van der Waals surface area contributed by atoms with E-state index in [0.717, 1.165) is 19.5 Å². The largest absolute Gasteiger partial charge is 0.338 e. The van der Waals surface area contributed by atoms with E-state index in [2.05, 4.69) is 28.9 Å². The molecule has 5 nitrogen and oxygen atoms in total. The van der Waals surface area contributed by atoms with E-state index in [1.165, 1.54) is 0 Å². The molecule has 0 aliphatic rings. The van der Waals surface area contributed by atoms with Crippen LogP contribution >= 0.6 is 0 Å². The standard InChI is InChI=1S/C10H20N4O/c1-4-8(11)10-12-9(15-13-10)7-14(5-2)6-3/h8H,4-7,11H2,1-3H3. The monoisotopic (exact) mass is 212 g/mol. The van der Waals surface area contributed by atoms with Gasteiger partial charge in [-0.1, -0.05) is 25.9 Å². The molecule has 1 unspecified atom stereocenters. The molecular weight excluding hydrogens is 192 g/mol. The zero-order valence-corrected chi connectivity index (χ0v) is 9.73. The molecule has 0 bridgehead atoms. The molecule has 0 aliphatic carbocycles. The topological polar surface area (TPSA) is 68.2 Å². The Morgan fingerprint density at radius 2 is 2.00 bits per heavy atom. The molecule has 0 amide bonds. The highest BCUT2D eigenvalue weighted by Crippen LogP contribution is 2.10. The van der Waals surface area contributed by atoms with Crippen LogP contribution in [0.15, 0.2) is 4.52 Å². The van der Waals surface area contributed by atoms with Gasteiger partial charge in [-0.25, -0.2) is 0 Å². The van der Waals surface area contributed by atoms with Crippen molar-refractivity contribution in [3.63, 3.8) is 0 Å². The van der Waals surface area contributed by atoms with Gasteiger partial charge in [0, 0.05) is 0 Å². The van der Waals surface area contributed by atoms with Gasteiger partial charge in [-0.2, -0.15) is 4.98 Å². The lowest BCUT2D eigenvalue weighted by Gasteiger charge is -2.14. The molecule has 0 saturated heterocycles. The van der Waals surface area contributed by atoms with Gasteiger partial charge in [0.25, 0.3) is 0 Å². The molecule has 1 aromatic rings. The fourth-order valence-corrected chi connectivity index (χ4v) is 1.30. The Kier molecular flexibility index (Phi) is 4.71. The molecule has 1 atom stereocenters. The summed E-state index contributed by atoms with van der Waals surface area (Å²) in [5, 5.41) is 3.87. The molecule has 5 heteroatoms. The molecule has 0 aromatic carbocycles. The van der Waals surface area contributed by atoms with Crippen LogP contribution in [0.25, 0.3) is 0 Å². The molecule has 86 valence electrons. The second-order valence-electron chi connectivity index (χ2n) is 3.52. The van der Waals surface area contributed by atoms with Crippen molar-refractivity contribution >= 4 is 0 Å². The van der Waals surface area contributed by atoms with E-state index in [-0.39, 0.29) is 6.04 Å². The summed E-state index contributed by atoms with van der Waals surface area (Å²) < 4.78 is 5.14. The number of rotatable bonds is 6. The molecule has 0 spiro atoms. The van der Waals surface area contributed by atoms with Crippen LogP contribution in [0.3, 0.4) is 0 Å². The van der Waals surface area contributed by atoms with Crippen LogP contribution in [0.4, 0.5) is 0 Å². The predicted octanol–water partition coefficient (Wildman–Crippen LogP) is 1.32. The third-order valence-electron chi connectivity index (χ3n) is 2.51. The minimum atomic E-state index is -0.112. The molecular formula is C10H20N4O. The van der Waals surface area contributed by atoms with Crippen LogP contribution in [0.5, 0.6) is 0 Å². The summed E-state index contributed by atoms with van der Waals surface area (Å²) in [5.74, 6) is 1.26. The SMILES string of the molecule is CCC(N)c1noc(CN(CC)CC)n1. The first-order valence-corrected chi connectivity index (χ1v) is 5.51. The van der Waals surface area contributed by atoms with E-state index in [4.69, 9.17) is 10.3 Å². The van der Waals surface area contributed by atoms with Gasteiger partial charge in [-0.05, 0) is 19.5 Å². The number of hydrogen-bond acceptors (Lipinski definition) is 5. The van der Waals surface area contributed by atoms with E-state index in [1.807, 2.05) is 6.92 Å². The van der Waals surface area contributed by atoms with E-state index in [9.17, 15) is 0 Å². The fourth-order valence-electron chi connectivity index (χ4n) is 1.30. The summed E-state index contributed by atoms with van der Waals surface area (Å²) in [6.45, 7) is 8.89. The third-order valence-corrected chi connectivity index (χ3v) is 2.51. The zero-order chi connectivity index (χ0) is 11.3. The van der Waals surface area contributed by atoms with Crippen molar-refractivity contribution < 1.29 is 4.52 Å². The van der Waals surface area contributed by atoms with E-state index in [1.54, 1.807) is 0 Å². The molecule has 0 aliphatic heterocycles. The van der Waals surface area contributed by atoms with Gasteiger partial charge in [-0.3, -0.25) is 4.90 Å². The average Bonchev–Trinajstić information content (AvgIpc) is 2.73. The van der Waals surface area contributed by atoms with Gasteiger partial charge < -0.3 is 10.3 Å². The minimum Gasteiger partial charge on any atom is -0.338 e. The lowest BCUT2D eigenvalue weighted by atomic mass is 10.2. The second-order valence-corrected chi connectivity index (χ2v) is 3.52. The predicted molar refractivity (Wildman–Crippen MR) is 58.1 cm³/mol. The summed E-state index contributed by atoms with van der Waals surface area (Å²) in [6, 6.07) is -0.112. The maximum atomic E-state index is 5.80. The van der Waals surface area contributed by atoms with Gasteiger partial charge in [-0.15, -0.1) is 0 Å². The van der Waals surface area contributed by atoms with E-state index < -0.39 is 0 Å². The highest BCUT2D eigenvalue weighted by molar-refractivity contribution is 4.92. The summed E-state index contributed by atoms with van der Waals surface area (Å²) in [7, 11) is 0. The molecule has 0 radical (unpaired) electrons. The lowest BCUT2D eigenvalue weighted by molar-refractivity contribution is 0.245. The second kappa shape index (κ2) is 5.82. The molecule has 0 saturated carbocycles.